The topological polar surface area (TPSA) is 59.3 Å². The molecule has 1 unspecified atom stereocenters. The number of esters is 1. The fourth-order valence-electron chi connectivity index (χ4n) is 1.87. The van der Waals surface area contributed by atoms with Crippen LogP contribution in [0.25, 0.3) is 0 Å². The first-order chi connectivity index (χ1) is 10.6. The predicted octanol–water partition coefficient (Wildman–Crippen LogP) is 3.13. The van der Waals surface area contributed by atoms with E-state index in [0.29, 0.717) is 5.75 Å². The Kier molecular flexibility index (Phi) is 5.16. The van der Waals surface area contributed by atoms with Crippen LogP contribution in [-0.4, -0.2) is 18.2 Å². The van der Waals surface area contributed by atoms with Crippen molar-refractivity contribution in [2.75, 3.05) is 6.61 Å². The molecule has 2 aromatic rings. The Morgan fingerprint density at radius 3 is 2.27 bits per heavy atom. The second-order valence-corrected chi connectivity index (χ2v) is 5.08. The Labute approximate surface area is 129 Å². The van der Waals surface area contributed by atoms with Gasteiger partial charge in [-0.05, 0) is 24.6 Å². The highest BCUT2D eigenvalue weighted by molar-refractivity contribution is 5.73. The molecule has 0 fully saturated rings. The van der Waals surface area contributed by atoms with Crippen molar-refractivity contribution in [3.8, 4) is 11.8 Å². The van der Waals surface area contributed by atoms with Crippen molar-refractivity contribution in [2.24, 2.45) is 0 Å². The fraction of sp³-hybridized carbons (Fsp3) is 0.222. The number of carbonyl (C=O) groups excluding carboxylic acids is 1. The van der Waals surface area contributed by atoms with E-state index in [1.165, 1.54) is 0 Å². The summed E-state index contributed by atoms with van der Waals surface area (Å²) in [7, 11) is 0. The van der Waals surface area contributed by atoms with Gasteiger partial charge in [0.1, 0.15) is 18.4 Å². The number of hydrogen-bond donors (Lipinski definition) is 0. The zero-order valence-corrected chi connectivity index (χ0v) is 12.4. The van der Waals surface area contributed by atoms with Crippen molar-refractivity contribution >= 4 is 5.97 Å². The minimum atomic E-state index is -1.32. The summed E-state index contributed by atoms with van der Waals surface area (Å²) in [4.78, 5) is 12.0. The number of para-hydroxylation sites is 1. The quantitative estimate of drug-likeness (QED) is 0.768. The van der Waals surface area contributed by atoms with Gasteiger partial charge in [0, 0.05) is 0 Å². The molecule has 0 aromatic heterocycles. The lowest BCUT2D eigenvalue weighted by Crippen LogP contribution is -2.37. The summed E-state index contributed by atoms with van der Waals surface area (Å²) in [5.74, 6) is 0.176. The van der Waals surface area contributed by atoms with E-state index in [-0.39, 0.29) is 13.0 Å². The van der Waals surface area contributed by atoms with Crippen molar-refractivity contribution < 1.29 is 14.3 Å². The van der Waals surface area contributed by atoms with Crippen LogP contribution >= 0.6 is 0 Å². The molecule has 0 aliphatic rings. The fourth-order valence-corrected chi connectivity index (χ4v) is 1.87. The Morgan fingerprint density at radius 2 is 1.68 bits per heavy atom. The molecule has 4 heteroatoms. The summed E-state index contributed by atoms with van der Waals surface area (Å²) in [5.41, 5.74) is -0.474. The third-order valence-electron chi connectivity index (χ3n) is 3.02. The SMILES string of the molecule is CC(C#N)(COc1ccccc1)OC(=O)Cc1ccccc1. The van der Waals surface area contributed by atoms with Crippen LogP contribution in [0.2, 0.25) is 0 Å². The first-order valence-corrected chi connectivity index (χ1v) is 6.96. The standard InChI is InChI=1S/C18H17NO3/c1-18(13-19,14-21-16-10-6-3-7-11-16)22-17(20)12-15-8-4-2-5-9-15/h2-11H,12,14H2,1H3. The van der Waals surface area contributed by atoms with Crippen molar-refractivity contribution in [3.05, 3.63) is 66.2 Å². The maximum absolute atomic E-state index is 12.0. The lowest BCUT2D eigenvalue weighted by molar-refractivity contribution is -0.154. The molecule has 0 spiro atoms. The van der Waals surface area contributed by atoms with Crippen LogP contribution in [0, 0.1) is 11.3 Å². The molecule has 2 rings (SSSR count). The molecule has 0 N–H and O–H groups in total. The average Bonchev–Trinajstić information content (AvgIpc) is 2.55. The van der Waals surface area contributed by atoms with Crippen LogP contribution in [0.5, 0.6) is 5.75 Å². The molecule has 0 amide bonds. The molecule has 0 saturated carbocycles. The van der Waals surface area contributed by atoms with Crippen molar-refractivity contribution in [2.45, 2.75) is 18.9 Å². The summed E-state index contributed by atoms with van der Waals surface area (Å²) in [6.07, 6.45) is 0.128. The van der Waals surface area contributed by atoms with Gasteiger partial charge in [0.25, 0.3) is 0 Å². The number of nitrogens with zero attached hydrogens (tertiary/aromatic N) is 1. The van der Waals surface area contributed by atoms with Gasteiger partial charge in [-0.25, -0.2) is 0 Å². The maximum Gasteiger partial charge on any atom is 0.311 e. The molecule has 1 atom stereocenters. The lowest BCUT2D eigenvalue weighted by atomic mass is 10.1. The highest BCUT2D eigenvalue weighted by atomic mass is 16.6. The zero-order valence-electron chi connectivity index (χ0n) is 12.4. The largest absolute Gasteiger partial charge is 0.488 e. The molecular weight excluding hydrogens is 278 g/mol. The molecular formula is C18H17NO3. The Bertz CT molecular complexity index is 649. The Balaban J connectivity index is 1.92. The van der Waals surface area contributed by atoms with Crippen molar-refractivity contribution in [1.82, 2.24) is 0 Å². The minimum Gasteiger partial charge on any atom is -0.488 e. The summed E-state index contributed by atoms with van der Waals surface area (Å²) < 4.78 is 10.8. The number of hydrogen-bond acceptors (Lipinski definition) is 4. The van der Waals surface area contributed by atoms with E-state index >= 15 is 0 Å². The molecule has 0 aliphatic heterocycles. The number of carbonyl (C=O) groups is 1. The van der Waals surface area contributed by atoms with E-state index in [0.717, 1.165) is 5.56 Å². The third-order valence-corrected chi connectivity index (χ3v) is 3.02. The second-order valence-electron chi connectivity index (χ2n) is 5.08. The van der Waals surface area contributed by atoms with Gasteiger partial charge in [-0.1, -0.05) is 48.5 Å². The van der Waals surface area contributed by atoms with Crippen LogP contribution in [-0.2, 0) is 16.0 Å². The second kappa shape index (κ2) is 7.28. The van der Waals surface area contributed by atoms with Gasteiger partial charge < -0.3 is 9.47 Å². The van der Waals surface area contributed by atoms with E-state index in [1.54, 1.807) is 19.1 Å². The highest BCUT2D eigenvalue weighted by Gasteiger charge is 2.30. The van der Waals surface area contributed by atoms with Gasteiger partial charge in [-0.2, -0.15) is 5.26 Å². The molecule has 0 bridgehead atoms. The van der Waals surface area contributed by atoms with Gasteiger partial charge in [-0.3, -0.25) is 4.79 Å². The molecule has 0 saturated heterocycles. The van der Waals surface area contributed by atoms with Crippen LogP contribution in [0.15, 0.2) is 60.7 Å². The van der Waals surface area contributed by atoms with Gasteiger partial charge in [0.15, 0.2) is 0 Å². The summed E-state index contributed by atoms with van der Waals surface area (Å²) in [5, 5.41) is 9.27. The molecule has 4 nitrogen and oxygen atoms in total. The van der Waals surface area contributed by atoms with Crippen molar-refractivity contribution in [3.63, 3.8) is 0 Å². The summed E-state index contributed by atoms with van der Waals surface area (Å²) in [6.45, 7) is 1.52. The summed E-state index contributed by atoms with van der Waals surface area (Å²) in [6, 6.07) is 20.4. The van der Waals surface area contributed by atoms with E-state index < -0.39 is 11.6 Å². The van der Waals surface area contributed by atoms with Gasteiger partial charge >= 0.3 is 5.97 Å². The molecule has 0 radical (unpaired) electrons. The van der Waals surface area contributed by atoms with Gasteiger partial charge in [0.2, 0.25) is 5.60 Å². The summed E-state index contributed by atoms with van der Waals surface area (Å²) >= 11 is 0. The van der Waals surface area contributed by atoms with Gasteiger partial charge in [0.05, 0.1) is 6.42 Å². The van der Waals surface area contributed by atoms with E-state index in [2.05, 4.69) is 0 Å². The molecule has 2 aromatic carbocycles. The van der Waals surface area contributed by atoms with E-state index in [1.807, 2.05) is 54.6 Å². The molecule has 0 aliphatic carbocycles. The normalized spacial score (nSPS) is 12.7. The van der Waals surface area contributed by atoms with E-state index in [9.17, 15) is 10.1 Å². The van der Waals surface area contributed by atoms with Crippen LogP contribution in [0.4, 0.5) is 0 Å². The molecule has 112 valence electrons. The number of rotatable bonds is 6. The first-order valence-electron chi connectivity index (χ1n) is 6.96. The Morgan fingerprint density at radius 1 is 1.09 bits per heavy atom. The Hall–Kier alpha value is -2.80. The highest BCUT2D eigenvalue weighted by Crippen LogP contribution is 2.16. The average molecular weight is 295 g/mol. The zero-order chi connectivity index (χ0) is 15.8. The van der Waals surface area contributed by atoms with Crippen LogP contribution in [0.1, 0.15) is 12.5 Å². The maximum atomic E-state index is 12.0. The minimum absolute atomic E-state index is 0.0198. The van der Waals surface area contributed by atoms with Crippen LogP contribution < -0.4 is 4.74 Å². The predicted molar refractivity (Wildman–Crippen MR) is 82.2 cm³/mol. The van der Waals surface area contributed by atoms with Crippen LogP contribution in [0.3, 0.4) is 0 Å². The third kappa shape index (κ3) is 4.64. The lowest BCUT2D eigenvalue weighted by Gasteiger charge is -2.22. The number of ether oxygens (including phenoxy) is 2. The number of benzene rings is 2. The van der Waals surface area contributed by atoms with E-state index in [4.69, 9.17) is 9.47 Å². The molecule has 22 heavy (non-hydrogen) atoms. The monoisotopic (exact) mass is 295 g/mol. The number of nitriles is 1. The molecule has 0 heterocycles. The van der Waals surface area contributed by atoms with Crippen molar-refractivity contribution in [1.29, 1.82) is 5.26 Å². The first kappa shape index (κ1) is 15.6. The van der Waals surface area contributed by atoms with Gasteiger partial charge in [-0.15, -0.1) is 0 Å². The smallest absolute Gasteiger partial charge is 0.311 e.